The number of rotatable bonds is 5. The normalized spacial score (nSPS) is 13.0. The Morgan fingerprint density at radius 2 is 0.981 bits per heavy atom. The van der Waals surface area contributed by atoms with Crippen LogP contribution in [0.1, 0.15) is 25.0 Å². The van der Waals surface area contributed by atoms with Crippen molar-refractivity contribution in [3.8, 4) is 33.4 Å². The van der Waals surface area contributed by atoms with Crippen LogP contribution in [0.15, 0.2) is 188 Å². The molecule has 0 unspecified atom stereocenters. The summed E-state index contributed by atoms with van der Waals surface area (Å²) in [6, 6.07) is 69.2. The Morgan fingerprint density at radius 3 is 1.77 bits per heavy atom. The second kappa shape index (κ2) is 11.8. The van der Waals surface area contributed by atoms with Crippen molar-refractivity contribution in [2.45, 2.75) is 19.3 Å². The molecule has 1 heteroatoms. The standard InChI is InChI=1S/C51H37N/c1-51(2)47-22-11-10-19-45(47)50-44-21-12-20-42(43(44)29-30-48(50)51)46-32-37-15-8-9-16-38(37)33-49(46)52(40-17-4-3-5-18-40)41-27-25-35(26-28-41)39-24-23-34-13-6-7-14-36(34)31-39/h3-33H,1-2H3. The lowest BCUT2D eigenvalue weighted by molar-refractivity contribution is 0.661. The summed E-state index contributed by atoms with van der Waals surface area (Å²) in [7, 11) is 0. The predicted molar refractivity (Wildman–Crippen MR) is 222 cm³/mol. The molecule has 0 amide bonds. The smallest absolute Gasteiger partial charge is 0.0546 e. The van der Waals surface area contributed by atoms with Crippen LogP contribution >= 0.6 is 0 Å². The summed E-state index contributed by atoms with van der Waals surface area (Å²) >= 11 is 0. The Hall–Kier alpha value is -6.44. The molecular weight excluding hydrogens is 627 g/mol. The van der Waals surface area contributed by atoms with E-state index in [0.29, 0.717) is 0 Å². The van der Waals surface area contributed by atoms with Crippen LogP contribution in [0.2, 0.25) is 0 Å². The minimum absolute atomic E-state index is 0.0483. The first-order valence-electron chi connectivity index (χ1n) is 18.2. The third-order valence-corrected chi connectivity index (χ3v) is 11.2. The third-order valence-electron chi connectivity index (χ3n) is 11.2. The summed E-state index contributed by atoms with van der Waals surface area (Å²) < 4.78 is 0. The lowest BCUT2D eigenvalue weighted by atomic mass is 9.81. The van der Waals surface area contributed by atoms with Gasteiger partial charge >= 0.3 is 0 Å². The van der Waals surface area contributed by atoms with Gasteiger partial charge in [-0.15, -0.1) is 0 Å². The Morgan fingerprint density at radius 1 is 0.365 bits per heavy atom. The van der Waals surface area contributed by atoms with Crippen molar-refractivity contribution in [2.75, 3.05) is 4.90 Å². The minimum atomic E-state index is -0.0483. The number of benzene rings is 9. The zero-order chi connectivity index (χ0) is 34.8. The molecule has 246 valence electrons. The van der Waals surface area contributed by atoms with Gasteiger partial charge in [-0.1, -0.05) is 159 Å². The SMILES string of the molecule is CC1(C)c2ccccc2-c2c1ccc1c(-c3cc4ccccc4cc3N(c3ccccc3)c3ccc(-c4ccc5ccccc5c4)cc3)cccc21. The lowest BCUT2D eigenvalue weighted by Crippen LogP contribution is -2.14. The van der Waals surface area contributed by atoms with Crippen LogP contribution in [-0.2, 0) is 5.41 Å². The van der Waals surface area contributed by atoms with E-state index in [1.54, 1.807) is 0 Å². The highest BCUT2D eigenvalue weighted by atomic mass is 15.1. The molecule has 10 rings (SSSR count). The van der Waals surface area contributed by atoms with Crippen molar-refractivity contribution < 1.29 is 0 Å². The van der Waals surface area contributed by atoms with E-state index in [1.807, 2.05) is 0 Å². The molecule has 0 aliphatic heterocycles. The Balaban J connectivity index is 1.19. The monoisotopic (exact) mass is 663 g/mol. The van der Waals surface area contributed by atoms with Gasteiger partial charge in [-0.25, -0.2) is 0 Å². The topological polar surface area (TPSA) is 3.24 Å². The average Bonchev–Trinajstić information content (AvgIpc) is 3.44. The number of para-hydroxylation sites is 1. The van der Waals surface area contributed by atoms with Gasteiger partial charge < -0.3 is 4.90 Å². The molecule has 1 nitrogen and oxygen atoms in total. The van der Waals surface area contributed by atoms with Crippen molar-refractivity contribution in [1.29, 1.82) is 0 Å². The van der Waals surface area contributed by atoms with Crippen molar-refractivity contribution in [3.63, 3.8) is 0 Å². The molecule has 0 spiro atoms. The highest BCUT2D eigenvalue weighted by molar-refractivity contribution is 6.11. The quantitative estimate of drug-likeness (QED) is 0.177. The zero-order valence-electron chi connectivity index (χ0n) is 29.3. The van der Waals surface area contributed by atoms with Gasteiger partial charge in [0.1, 0.15) is 0 Å². The van der Waals surface area contributed by atoms with Crippen molar-refractivity contribution >= 4 is 49.4 Å². The van der Waals surface area contributed by atoms with Crippen molar-refractivity contribution in [2.24, 2.45) is 0 Å². The largest absolute Gasteiger partial charge is 0.310 e. The molecule has 0 bridgehead atoms. The second-order valence-electron chi connectivity index (χ2n) is 14.6. The van der Waals surface area contributed by atoms with Gasteiger partial charge in [0, 0.05) is 22.4 Å². The van der Waals surface area contributed by atoms with Gasteiger partial charge in [-0.05, 0) is 114 Å². The molecule has 0 heterocycles. The van der Waals surface area contributed by atoms with Crippen LogP contribution in [0.25, 0.3) is 65.7 Å². The molecule has 0 saturated heterocycles. The van der Waals surface area contributed by atoms with Gasteiger partial charge in [-0.3, -0.25) is 0 Å². The van der Waals surface area contributed by atoms with Gasteiger partial charge in [-0.2, -0.15) is 0 Å². The maximum Gasteiger partial charge on any atom is 0.0546 e. The molecule has 0 radical (unpaired) electrons. The molecule has 0 aromatic heterocycles. The van der Waals surface area contributed by atoms with Gasteiger partial charge in [0.2, 0.25) is 0 Å². The van der Waals surface area contributed by atoms with Gasteiger partial charge in [0.25, 0.3) is 0 Å². The fourth-order valence-electron chi connectivity index (χ4n) is 8.60. The second-order valence-corrected chi connectivity index (χ2v) is 14.6. The number of fused-ring (bicyclic) bond motifs is 7. The van der Waals surface area contributed by atoms with E-state index in [0.717, 1.165) is 17.1 Å². The average molecular weight is 664 g/mol. The van der Waals surface area contributed by atoms with Crippen LogP contribution < -0.4 is 4.90 Å². The van der Waals surface area contributed by atoms with E-state index in [-0.39, 0.29) is 5.41 Å². The predicted octanol–water partition coefficient (Wildman–Crippen LogP) is 14.3. The van der Waals surface area contributed by atoms with Crippen LogP contribution in [0, 0.1) is 0 Å². The lowest BCUT2D eigenvalue weighted by Gasteiger charge is -2.29. The summed E-state index contributed by atoms with van der Waals surface area (Å²) in [4.78, 5) is 2.43. The fourth-order valence-corrected chi connectivity index (χ4v) is 8.60. The molecule has 0 N–H and O–H groups in total. The van der Waals surface area contributed by atoms with Crippen LogP contribution in [0.4, 0.5) is 17.1 Å². The van der Waals surface area contributed by atoms with E-state index >= 15 is 0 Å². The van der Waals surface area contributed by atoms with E-state index in [1.165, 1.54) is 76.8 Å². The maximum atomic E-state index is 2.43. The van der Waals surface area contributed by atoms with E-state index < -0.39 is 0 Å². The van der Waals surface area contributed by atoms with E-state index in [2.05, 4.69) is 207 Å². The highest BCUT2D eigenvalue weighted by Crippen LogP contribution is 2.53. The summed E-state index contributed by atoms with van der Waals surface area (Å²) in [5.74, 6) is 0. The fraction of sp³-hybridized carbons (Fsp3) is 0.0588. The Labute approximate surface area is 305 Å². The first-order valence-corrected chi connectivity index (χ1v) is 18.2. The molecule has 1 aliphatic rings. The summed E-state index contributed by atoms with van der Waals surface area (Å²) in [5, 5.41) is 7.53. The van der Waals surface area contributed by atoms with Crippen molar-refractivity contribution in [1.82, 2.24) is 0 Å². The maximum absolute atomic E-state index is 2.43. The molecule has 9 aromatic carbocycles. The molecule has 52 heavy (non-hydrogen) atoms. The van der Waals surface area contributed by atoms with Crippen LogP contribution in [-0.4, -0.2) is 0 Å². The number of anilines is 3. The number of nitrogens with zero attached hydrogens (tertiary/aromatic N) is 1. The Bertz CT molecular complexity index is 2810. The van der Waals surface area contributed by atoms with E-state index in [4.69, 9.17) is 0 Å². The van der Waals surface area contributed by atoms with Crippen molar-refractivity contribution in [3.05, 3.63) is 199 Å². The summed E-state index contributed by atoms with van der Waals surface area (Å²) in [6.45, 7) is 4.72. The number of hydrogen-bond acceptors (Lipinski definition) is 1. The summed E-state index contributed by atoms with van der Waals surface area (Å²) in [6.07, 6.45) is 0. The van der Waals surface area contributed by atoms with E-state index in [9.17, 15) is 0 Å². The molecule has 0 atom stereocenters. The first-order chi connectivity index (χ1) is 25.5. The van der Waals surface area contributed by atoms with Gasteiger partial charge in [0.15, 0.2) is 0 Å². The molecule has 0 fully saturated rings. The van der Waals surface area contributed by atoms with Crippen LogP contribution in [0.3, 0.4) is 0 Å². The Kier molecular flexibility index (Phi) is 6.91. The van der Waals surface area contributed by atoms with Gasteiger partial charge in [0.05, 0.1) is 5.69 Å². The molecule has 1 aliphatic carbocycles. The van der Waals surface area contributed by atoms with Crippen LogP contribution in [0.5, 0.6) is 0 Å². The zero-order valence-corrected chi connectivity index (χ0v) is 29.3. The summed E-state index contributed by atoms with van der Waals surface area (Å²) in [5.41, 5.74) is 13.7. The molecule has 9 aromatic rings. The molecule has 0 saturated carbocycles. The highest BCUT2D eigenvalue weighted by Gasteiger charge is 2.36. The first kappa shape index (κ1) is 30.4. The molecular formula is C51H37N. The minimum Gasteiger partial charge on any atom is -0.310 e. The third kappa shape index (κ3) is 4.77. The number of hydrogen-bond donors (Lipinski definition) is 0.